The molecule has 0 spiro atoms. The van der Waals surface area contributed by atoms with E-state index in [0.717, 1.165) is 12.5 Å². The Morgan fingerprint density at radius 2 is 1.94 bits per heavy atom. The van der Waals surface area contributed by atoms with Crippen LogP contribution in [-0.4, -0.2) is 28.9 Å². The Bertz CT molecular complexity index is 681. The van der Waals surface area contributed by atoms with Gasteiger partial charge < -0.3 is 4.18 Å². The van der Waals surface area contributed by atoms with E-state index in [2.05, 4.69) is 19.1 Å². The lowest BCUT2D eigenvalue weighted by Crippen LogP contribution is -2.28. The molecular formula is C8H4F3N3O3S. The smallest absolute Gasteiger partial charge is 0.354 e. The van der Waals surface area contributed by atoms with Crippen LogP contribution in [0.5, 0.6) is 5.88 Å². The molecule has 2 aromatic rings. The summed E-state index contributed by atoms with van der Waals surface area (Å²) in [6.45, 7) is 0. The highest BCUT2D eigenvalue weighted by atomic mass is 32.2. The molecule has 0 bridgehead atoms. The largest absolute Gasteiger partial charge is 0.534 e. The monoisotopic (exact) mass is 279 g/mol. The van der Waals surface area contributed by atoms with Crippen LogP contribution in [0.25, 0.3) is 10.9 Å². The van der Waals surface area contributed by atoms with Crippen molar-refractivity contribution in [3.8, 4) is 5.88 Å². The van der Waals surface area contributed by atoms with E-state index in [0.29, 0.717) is 0 Å². The van der Waals surface area contributed by atoms with Gasteiger partial charge in [0.25, 0.3) is 0 Å². The highest BCUT2D eigenvalue weighted by molar-refractivity contribution is 7.88. The van der Waals surface area contributed by atoms with Crippen molar-refractivity contribution in [2.45, 2.75) is 5.51 Å². The molecule has 2 rings (SSSR count). The molecule has 0 saturated heterocycles. The third-order valence-corrected chi connectivity index (χ3v) is 2.82. The van der Waals surface area contributed by atoms with E-state index in [1.54, 1.807) is 0 Å². The average Bonchev–Trinajstić information content (AvgIpc) is 2.27. The summed E-state index contributed by atoms with van der Waals surface area (Å²) in [5.74, 6) is -0.717. The van der Waals surface area contributed by atoms with E-state index in [-0.39, 0.29) is 10.9 Å². The fourth-order valence-electron chi connectivity index (χ4n) is 1.10. The second kappa shape index (κ2) is 4.05. The summed E-state index contributed by atoms with van der Waals surface area (Å²) < 4.78 is 62.1. The number of pyridine rings is 1. The summed E-state index contributed by atoms with van der Waals surface area (Å²) in [7, 11) is -5.76. The van der Waals surface area contributed by atoms with Gasteiger partial charge in [-0.25, -0.2) is 9.97 Å². The van der Waals surface area contributed by atoms with Crippen molar-refractivity contribution in [3.05, 3.63) is 24.8 Å². The predicted molar refractivity (Wildman–Crippen MR) is 52.9 cm³/mol. The molecule has 2 aromatic heterocycles. The van der Waals surface area contributed by atoms with Crippen molar-refractivity contribution >= 4 is 21.0 Å². The topological polar surface area (TPSA) is 82.0 Å². The van der Waals surface area contributed by atoms with Crippen LogP contribution < -0.4 is 4.18 Å². The molecule has 10 heteroatoms. The summed E-state index contributed by atoms with van der Waals surface area (Å²) >= 11 is 0. The lowest BCUT2D eigenvalue weighted by atomic mass is 10.3. The van der Waals surface area contributed by atoms with Gasteiger partial charge in [0.2, 0.25) is 5.88 Å². The first-order chi connectivity index (χ1) is 8.31. The van der Waals surface area contributed by atoms with E-state index >= 15 is 0 Å². The summed E-state index contributed by atoms with van der Waals surface area (Å²) in [5.41, 5.74) is -5.31. The molecule has 18 heavy (non-hydrogen) atoms. The molecule has 0 aliphatic heterocycles. The Morgan fingerprint density at radius 3 is 2.61 bits per heavy atom. The van der Waals surface area contributed by atoms with Crippen LogP contribution in [0.15, 0.2) is 24.8 Å². The van der Waals surface area contributed by atoms with Crippen LogP contribution in [0, 0.1) is 0 Å². The Balaban J connectivity index is 2.51. The van der Waals surface area contributed by atoms with Crippen LogP contribution in [0.3, 0.4) is 0 Å². The fourth-order valence-corrected chi connectivity index (χ4v) is 1.53. The van der Waals surface area contributed by atoms with Crippen molar-refractivity contribution in [3.63, 3.8) is 0 Å². The zero-order chi connectivity index (χ0) is 13.4. The molecule has 0 N–H and O–H groups in total. The molecule has 0 unspecified atom stereocenters. The number of hydrogen-bond donors (Lipinski definition) is 0. The maximum absolute atomic E-state index is 12.1. The highest BCUT2D eigenvalue weighted by Crippen LogP contribution is 2.28. The quantitative estimate of drug-likeness (QED) is 0.608. The normalized spacial score (nSPS) is 12.6. The van der Waals surface area contributed by atoms with Gasteiger partial charge in [-0.3, -0.25) is 4.98 Å². The first kappa shape index (κ1) is 12.5. The molecule has 6 nitrogen and oxygen atoms in total. The Labute approximate surface area is 98.6 Å². The predicted octanol–water partition coefficient (Wildman–Crippen LogP) is 1.25. The third-order valence-electron chi connectivity index (χ3n) is 1.87. The van der Waals surface area contributed by atoms with Gasteiger partial charge in [0.15, 0.2) is 0 Å². The molecule has 0 atom stereocenters. The van der Waals surface area contributed by atoms with E-state index in [1.165, 1.54) is 12.3 Å². The number of nitrogens with zero attached hydrogens (tertiary/aromatic N) is 3. The van der Waals surface area contributed by atoms with Crippen molar-refractivity contribution < 1.29 is 25.8 Å². The van der Waals surface area contributed by atoms with Crippen molar-refractivity contribution in [2.24, 2.45) is 0 Å². The number of hydrogen-bond acceptors (Lipinski definition) is 6. The molecule has 0 aromatic carbocycles. The van der Waals surface area contributed by atoms with Crippen LogP contribution in [0.4, 0.5) is 13.2 Å². The number of rotatable bonds is 2. The lowest BCUT2D eigenvalue weighted by Gasteiger charge is -2.09. The number of aromatic nitrogens is 3. The Kier molecular flexibility index (Phi) is 2.81. The number of alkyl halides is 3. The summed E-state index contributed by atoms with van der Waals surface area (Å²) in [4.78, 5) is 10.7. The van der Waals surface area contributed by atoms with Gasteiger partial charge in [0.05, 0.1) is 10.9 Å². The van der Waals surface area contributed by atoms with Gasteiger partial charge in [0.1, 0.15) is 6.33 Å². The van der Waals surface area contributed by atoms with E-state index in [1.807, 2.05) is 0 Å². The van der Waals surface area contributed by atoms with Gasteiger partial charge in [0, 0.05) is 12.4 Å². The minimum absolute atomic E-state index is 0.0344. The minimum atomic E-state index is -5.76. The Hall–Kier alpha value is -1.97. The maximum Gasteiger partial charge on any atom is 0.534 e. The Morgan fingerprint density at radius 1 is 1.22 bits per heavy atom. The molecule has 2 heterocycles. The van der Waals surface area contributed by atoms with Gasteiger partial charge in [-0.05, 0) is 6.07 Å². The van der Waals surface area contributed by atoms with Crippen molar-refractivity contribution in [1.29, 1.82) is 0 Å². The molecule has 0 aliphatic rings. The molecule has 0 radical (unpaired) electrons. The van der Waals surface area contributed by atoms with Crippen LogP contribution in [0.1, 0.15) is 0 Å². The van der Waals surface area contributed by atoms with E-state index in [9.17, 15) is 21.6 Å². The first-order valence-corrected chi connectivity index (χ1v) is 5.77. The average molecular weight is 279 g/mol. The zero-order valence-electron chi connectivity index (χ0n) is 8.42. The van der Waals surface area contributed by atoms with Crippen molar-refractivity contribution in [2.75, 3.05) is 0 Å². The lowest BCUT2D eigenvalue weighted by molar-refractivity contribution is -0.0500. The minimum Gasteiger partial charge on any atom is -0.354 e. The first-order valence-electron chi connectivity index (χ1n) is 4.37. The molecule has 96 valence electrons. The SMILES string of the molecule is O=S(=O)(Oc1ncnc2ccncc12)C(F)(F)F. The molecule has 0 aliphatic carbocycles. The highest BCUT2D eigenvalue weighted by Gasteiger charge is 2.49. The standard InChI is InChI=1S/C8H4F3N3O3S/c9-8(10,11)18(15,16)17-7-5-3-12-2-1-6(5)13-4-14-7/h1-4H. The number of halogens is 3. The van der Waals surface area contributed by atoms with E-state index in [4.69, 9.17) is 0 Å². The second-order valence-electron chi connectivity index (χ2n) is 3.05. The van der Waals surface area contributed by atoms with E-state index < -0.39 is 21.5 Å². The molecular weight excluding hydrogens is 275 g/mol. The summed E-state index contributed by atoms with van der Waals surface area (Å²) in [5, 5.41) is -0.0344. The van der Waals surface area contributed by atoms with Crippen LogP contribution in [-0.2, 0) is 10.1 Å². The molecule has 0 fully saturated rings. The van der Waals surface area contributed by atoms with Crippen molar-refractivity contribution in [1.82, 2.24) is 15.0 Å². The maximum atomic E-state index is 12.1. The molecule has 0 amide bonds. The zero-order valence-corrected chi connectivity index (χ0v) is 9.23. The van der Waals surface area contributed by atoms with Gasteiger partial charge in [-0.1, -0.05) is 0 Å². The summed E-state index contributed by atoms with van der Waals surface area (Å²) in [6, 6.07) is 1.38. The molecule has 0 saturated carbocycles. The van der Waals surface area contributed by atoms with Crippen LogP contribution in [0.2, 0.25) is 0 Å². The van der Waals surface area contributed by atoms with Gasteiger partial charge >= 0.3 is 15.6 Å². The number of fused-ring (bicyclic) bond motifs is 1. The summed E-state index contributed by atoms with van der Waals surface area (Å²) in [6.07, 6.45) is 3.34. The van der Waals surface area contributed by atoms with Crippen LogP contribution >= 0.6 is 0 Å². The van der Waals surface area contributed by atoms with Gasteiger partial charge in [-0.15, -0.1) is 0 Å². The van der Waals surface area contributed by atoms with Gasteiger partial charge in [-0.2, -0.15) is 21.6 Å². The fraction of sp³-hybridized carbons (Fsp3) is 0.125. The second-order valence-corrected chi connectivity index (χ2v) is 4.59. The third kappa shape index (κ3) is 2.18.